The highest BCUT2D eigenvalue weighted by molar-refractivity contribution is 6.44. The standard InChI is InChI=1S/C15H18Cl2N2O2/c1-8(2)7-18-14(20)9-6-10(9)15(21)19-12-5-3-4-11(16)13(12)17/h3-5,8-10H,6-7H2,1-2H3,(H,18,20)(H,19,21). The van der Waals surface area contributed by atoms with Crippen molar-refractivity contribution in [3.63, 3.8) is 0 Å². The molecule has 1 fully saturated rings. The minimum atomic E-state index is -0.285. The molecule has 1 saturated carbocycles. The molecule has 4 nitrogen and oxygen atoms in total. The third kappa shape index (κ3) is 4.11. The van der Waals surface area contributed by atoms with Crippen LogP contribution in [-0.4, -0.2) is 18.4 Å². The Bertz CT molecular complexity index is 561. The van der Waals surface area contributed by atoms with E-state index in [1.165, 1.54) is 0 Å². The Morgan fingerprint density at radius 3 is 2.57 bits per heavy atom. The molecule has 6 heteroatoms. The summed E-state index contributed by atoms with van der Waals surface area (Å²) in [5, 5.41) is 6.27. The zero-order chi connectivity index (χ0) is 15.6. The van der Waals surface area contributed by atoms with Crippen molar-refractivity contribution in [2.75, 3.05) is 11.9 Å². The number of benzene rings is 1. The topological polar surface area (TPSA) is 58.2 Å². The Hall–Kier alpha value is -1.26. The first-order chi connectivity index (χ1) is 9.90. The maximum atomic E-state index is 12.1. The number of rotatable bonds is 5. The van der Waals surface area contributed by atoms with E-state index in [1.54, 1.807) is 18.2 Å². The first kappa shape index (κ1) is 16.1. The molecule has 2 N–H and O–H groups in total. The molecule has 0 aromatic heterocycles. The lowest BCUT2D eigenvalue weighted by Crippen LogP contribution is -2.30. The van der Waals surface area contributed by atoms with E-state index >= 15 is 0 Å². The lowest BCUT2D eigenvalue weighted by atomic mass is 10.2. The van der Waals surface area contributed by atoms with Gasteiger partial charge < -0.3 is 10.6 Å². The lowest BCUT2D eigenvalue weighted by molar-refractivity contribution is -0.125. The SMILES string of the molecule is CC(C)CNC(=O)C1CC1C(=O)Nc1cccc(Cl)c1Cl. The van der Waals surface area contributed by atoms with Gasteiger partial charge in [0.25, 0.3) is 0 Å². The van der Waals surface area contributed by atoms with E-state index in [4.69, 9.17) is 23.2 Å². The molecule has 0 aliphatic heterocycles. The van der Waals surface area contributed by atoms with Gasteiger partial charge in [0.1, 0.15) is 0 Å². The van der Waals surface area contributed by atoms with Gasteiger partial charge in [0.05, 0.1) is 27.6 Å². The van der Waals surface area contributed by atoms with Crippen molar-refractivity contribution < 1.29 is 9.59 Å². The number of carbonyl (C=O) groups excluding carboxylic acids is 2. The molecule has 114 valence electrons. The van der Waals surface area contributed by atoms with Crippen molar-refractivity contribution in [1.82, 2.24) is 5.32 Å². The van der Waals surface area contributed by atoms with Gasteiger partial charge in [0.15, 0.2) is 0 Å². The van der Waals surface area contributed by atoms with Crippen molar-refractivity contribution in [2.24, 2.45) is 17.8 Å². The molecule has 1 aliphatic carbocycles. The summed E-state index contributed by atoms with van der Waals surface area (Å²) in [6.07, 6.45) is 0.577. The van der Waals surface area contributed by atoms with Gasteiger partial charge in [-0.05, 0) is 24.5 Å². The molecule has 2 rings (SSSR count). The highest BCUT2D eigenvalue weighted by atomic mass is 35.5. The molecule has 2 atom stereocenters. The summed E-state index contributed by atoms with van der Waals surface area (Å²) >= 11 is 11.9. The summed E-state index contributed by atoms with van der Waals surface area (Å²) in [7, 11) is 0. The Morgan fingerprint density at radius 2 is 1.90 bits per heavy atom. The second-order valence-electron chi connectivity index (χ2n) is 5.68. The fraction of sp³-hybridized carbons (Fsp3) is 0.467. The summed E-state index contributed by atoms with van der Waals surface area (Å²) in [4.78, 5) is 24.0. The molecule has 1 aromatic carbocycles. The van der Waals surface area contributed by atoms with Gasteiger partial charge in [-0.15, -0.1) is 0 Å². The monoisotopic (exact) mass is 328 g/mol. The number of hydrogen-bond donors (Lipinski definition) is 2. The van der Waals surface area contributed by atoms with E-state index in [0.29, 0.717) is 34.6 Å². The molecular weight excluding hydrogens is 311 g/mol. The van der Waals surface area contributed by atoms with Crippen LogP contribution in [0.3, 0.4) is 0 Å². The molecule has 21 heavy (non-hydrogen) atoms. The van der Waals surface area contributed by atoms with Gasteiger partial charge in [-0.3, -0.25) is 9.59 Å². The van der Waals surface area contributed by atoms with Crippen LogP contribution in [0.4, 0.5) is 5.69 Å². The molecule has 0 spiro atoms. The van der Waals surface area contributed by atoms with Crippen molar-refractivity contribution >= 4 is 40.7 Å². The largest absolute Gasteiger partial charge is 0.356 e. The predicted molar refractivity (Wildman–Crippen MR) is 84.5 cm³/mol. The molecule has 1 aromatic rings. The Kier molecular flexibility index (Phi) is 5.12. The van der Waals surface area contributed by atoms with Gasteiger partial charge in [-0.25, -0.2) is 0 Å². The summed E-state index contributed by atoms with van der Waals surface area (Å²) in [5.74, 6) is -0.371. The summed E-state index contributed by atoms with van der Waals surface area (Å²) in [6.45, 7) is 4.68. The van der Waals surface area contributed by atoms with Crippen LogP contribution in [0.2, 0.25) is 10.0 Å². The van der Waals surface area contributed by atoms with E-state index in [2.05, 4.69) is 10.6 Å². The van der Waals surface area contributed by atoms with Gasteiger partial charge >= 0.3 is 0 Å². The van der Waals surface area contributed by atoms with Crippen LogP contribution >= 0.6 is 23.2 Å². The second kappa shape index (κ2) is 6.67. The molecule has 1 aliphatic rings. The van der Waals surface area contributed by atoms with E-state index in [1.807, 2.05) is 13.8 Å². The average molecular weight is 329 g/mol. The average Bonchev–Trinajstić information content (AvgIpc) is 3.21. The number of anilines is 1. The second-order valence-corrected chi connectivity index (χ2v) is 6.46. The highest BCUT2D eigenvalue weighted by Gasteiger charge is 2.48. The van der Waals surface area contributed by atoms with Gasteiger partial charge in [0.2, 0.25) is 11.8 Å². The van der Waals surface area contributed by atoms with Crippen molar-refractivity contribution in [2.45, 2.75) is 20.3 Å². The number of nitrogens with one attached hydrogen (secondary N) is 2. The normalized spacial score (nSPS) is 20.2. The molecule has 0 heterocycles. The summed E-state index contributed by atoms with van der Waals surface area (Å²) < 4.78 is 0. The van der Waals surface area contributed by atoms with E-state index < -0.39 is 0 Å². The third-order valence-electron chi connectivity index (χ3n) is 3.36. The molecular formula is C15H18Cl2N2O2. The minimum absolute atomic E-state index is 0.0546. The zero-order valence-electron chi connectivity index (χ0n) is 12.0. The Balaban J connectivity index is 1.89. The minimum Gasteiger partial charge on any atom is -0.356 e. The first-order valence-electron chi connectivity index (χ1n) is 6.92. The van der Waals surface area contributed by atoms with Crippen LogP contribution in [0.25, 0.3) is 0 Å². The summed E-state index contributed by atoms with van der Waals surface area (Å²) in [5.41, 5.74) is 0.474. The van der Waals surface area contributed by atoms with Crippen LogP contribution in [0, 0.1) is 17.8 Å². The fourth-order valence-electron chi connectivity index (χ4n) is 2.04. The quantitative estimate of drug-likeness (QED) is 0.870. The van der Waals surface area contributed by atoms with Crippen molar-refractivity contribution in [3.05, 3.63) is 28.2 Å². The molecule has 0 radical (unpaired) electrons. The molecule has 2 amide bonds. The number of hydrogen-bond acceptors (Lipinski definition) is 2. The first-order valence-corrected chi connectivity index (χ1v) is 7.68. The molecule has 2 unspecified atom stereocenters. The highest BCUT2D eigenvalue weighted by Crippen LogP contribution is 2.40. The maximum Gasteiger partial charge on any atom is 0.228 e. The maximum absolute atomic E-state index is 12.1. The number of carbonyl (C=O) groups is 2. The van der Waals surface area contributed by atoms with Gasteiger partial charge in [0, 0.05) is 6.54 Å². The molecule has 0 bridgehead atoms. The molecule has 0 saturated heterocycles. The van der Waals surface area contributed by atoms with Crippen LogP contribution in [0.5, 0.6) is 0 Å². The van der Waals surface area contributed by atoms with Crippen LogP contribution in [0.1, 0.15) is 20.3 Å². The Labute approximate surface area is 134 Å². The van der Waals surface area contributed by atoms with Crippen molar-refractivity contribution in [3.8, 4) is 0 Å². The van der Waals surface area contributed by atoms with E-state index in [9.17, 15) is 9.59 Å². The lowest BCUT2D eigenvalue weighted by Gasteiger charge is -2.09. The Morgan fingerprint density at radius 1 is 1.24 bits per heavy atom. The van der Waals surface area contributed by atoms with Gasteiger partial charge in [-0.1, -0.05) is 43.1 Å². The van der Waals surface area contributed by atoms with Crippen molar-refractivity contribution in [1.29, 1.82) is 0 Å². The zero-order valence-corrected chi connectivity index (χ0v) is 13.5. The number of amides is 2. The van der Waals surface area contributed by atoms with E-state index in [0.717, 1.165) is 0 Å². The fourth-order valence-corrected chi connectivity index (χ4v) is 2.38. The summed E-state index contributed by atoms with van der Waals surface area (Å²) in [6, 6.07) is 5.05. The smallest absolute Gasteiger partial charge is 0.228 e. The number of halogens is 2. The van der Waals surface area contributed by atoms with Gasteiger partial charge in [-0.2, -0.15) is 0 Å². The van der Waals surface area contributed by atoms with Crippen LogP contribution in [-0.2, 0) is 9.59 Å². The van der Waals surface area contributed by atoms with Crippen LogP contribution < -0.4 is 10.6 Å². The van der Waals surface area contributed by atoms with E-state index in [-0.39, 0.29) is 23.7 Å². The predicted octanol–water partition coefficient (Wildman–Crippen LogP) is 3.34. The van der Waals surface area contributed by atoms with Crippen LogP contribution in [0.15, 0.2) is 18.2 Å². The third-order valence-corrected chi connectivity index (χ3v) is 4.18.